The van der Waals surface area contributed by atoms with E-state index in [4.69, 9.17) is 5.73 Å². The summed E-state index contributed by atoms with van der Waals surface area (Å²) in [7, 11) is 4.02. The van der Waals surface area contributed by atoms with Gasteiger partial charge in [-0.1, -0.05) is 24.3 Å². The number of hydrogen-bond acceptors (Lipinski definition) is 4. The standard InChI is InChI=1S/C19H18N2OS/c1-21(2)16-9-5-14(6-10-16)19-12-17(22)11-18(23-19)13-3-7-15(20)8-4-13/h3-12H,20H2,1-2H3. The molecule has 0 bridgehead atoms. The van der Waals surface area contributed by atoms with Gasteiger partial charge in [0.05, 0.1) is 0 Å². The molecule has 116 valence electrons. The Balaban J connectivity index is 2.03. The molecule has 0 aliphatic rings. The molecule has 1 aromatic heterocycles. The summed E-state index contributed by atoms with van der Waals surface area (Å²) < 4.78 is 0. The molecule has 0 spiro atoms. The van der Waals surface area contributed by atoms with E-state index < -0.39 is 0 Å². The average Bonchev–Trinajstić information content (AvgIpc) is 2.55. The Bertz CT molecular complexity index is 865. The third kappa shape index (κ3) is 3.43. The fourth-order valence-electron chi connectivity index (χ4n) is 2.33. The Morgan fingerprint density at radius 2 is 1.30 bits per heavy atom. The Hall–Kier alpha value is -2.59. The SMILES string of the molecule is CN(C)c1ccc(-c2cc(=O)cc(-c3ccc(N)cc3)s2)cc1. The number of nitrogen functional groups attached to an aromatic ring is 1. The van der Waals surface area contributed by atoms with Crippen LogP contribution in [0.5, 0.6) is 0 Å². The predicted octanol–water partition coefficient (Wildman–Crippen LogP) is 4.09. The molecule has 3 aromatic rings. The van der Waals surface area contributed by atoms with E-state index in [0.29, 0.717) is 0 Å². The maximum atomic E-state index is 12.1. The fourth-order valence-corrected chi connectivity index (χ4v) is 3.43. The first-order valence-corrected chi connectivity index (χ1v) is 8.13. The molecule has 3 rings (SSSR count). The second kappa shape index (κ2) is 6.26. The van der Waals surface area contributed by atoms with Crippen LogP contribution >= 0.6 is 11.3 Å². The van der Waals surface area contributed by atoms with Gasteiger partial charge in [0.25, 0.3) is 0 Å². The molecule has 0 aliphatic heterocycles. The summed E-state index contributed by atoms with van der Waals surface area (Å²) in [5.41, 5.74) is 9.66. The van der Waals surface area contributed by atoms with Gasteiger partial charge in [-0.3, -0.25) is 4.79 Å². The van der Waals surface area contributed by atoms with Crippen LogP contribution in [0.4, 0.5) is 11.4 Å². The molecule has 4 heteroatoms. The summed E-state index contributed by atoms with van der Waals surface area (Å²) in [6.45, 7) is 0. The largest absolute Gasteiger partial charge is 0.399 e. The molecule has 0 saturated heterocycles. The summed E-state index contributed by atoms with van der Waals surface area (Å²) >= 11 is 1.61. The van der Waals surface area contributed by atoms with E-state index in [9.17, 15) is 4.79 Å². The van der Waals surface area contributed by atoms with Crippen LogP contribution in [0.2, 0.25) is 0 Å². The van der Waals surface area contributed by atoms with Gasteiger partial charge < -0.3 is 10.6 Å². The van der Waals surface area contributed by atoms with Gasteiger partial charge in [-0.2, -0.15) is 0 Å². The van der Waals surface area contributed by atoms with Crippen molar-refractivity contribution in [1.29, 1.82) is 0 Å². The van der Waals surface area contributed by atoms with Crippen LogP contribution in [0, 0.1) is 0 Å². The zero-order valence-corrected chi connectivity index (χ0v) is 13.9. The molecule has 0 radical (unpaired) electrons. The van der Waals surface area contributed by atoms with E-state index in [0.717, 1.165) is 32.3 Å². The zero-order valence-electron chi connectivity index (χ0n) is 13.1. The van der Waals surface area contributed by atoms with Crippen molar-refractivity contribution < 1.29 is 0 Å². The van der Waals surface area contributed by atoms with Gasteiger partial charge in [-0.05, 0) is 35.4 Å². The van der Waals surface area contributed by atoms with Crippen molar-refractivity contribution in [1.82, 2.24) is 0 Å². The number of nitrogens with zero attached hydrogens (tertiary/aromatic N) is 1. The number of anilines is 2. The zero-order chi connectivity index (χ0) is 16.4. The smallest absolute Gasteiger partial charge is 0.181 e. The van der Waals surface area contributed by atoms with Crippen LogP contribution in [-0.4, -0.2) is 14.1 Å². The summed E-state index contributed by atoms with van der Waals surface area (Å²) in [6, 6.07) is 19.2. The van der Waals surface area contributed by atoms with E-state index in [-0.39, 0.29) is 5.43 Å². The third-order valence-electron chi connectivity index (χ3n) is 3.63. The van der Waals surface area contributed by atoms with Crippen LogP contribution < -0.4 is 16.1 Å². The highest BCUT2D eigenvalue weighted by atomic mass is 32.1. The van der Waals surface area contributed by atoms with Gasteiger partial charge in [-0.25, -0.2) is 0 Å². The second-order valence-electron chi connectivity index (χ2n) is 5.58. The highest BCUT2D eigenvalue weighted by molar-refractivity contribution is 7.18. The van der Waals surface area contributed by atoms with E-state index in [1.54, 1.807) is 23.5 Å². The van der Waals surface area contributed by atoms with Crippen LogP contribution in [0.15, 0.2) is 65.5 Å². The number of rotatable bonds is 3. The van der Waals surface area contributed by atoms with Gasteiger partial charge in [0.1, 0.15) is 0 Å². The average molecular weight is 322 g/mol. The normalized spacial score (nSPS) is 10.5. The van der Waals surface area contributed by atoms with Gasteiger partial charge in [-0.15, -0.1) is 11.3 Å². The van der Waals surface area contributed by atoms with Gasteiger partial charge in [0.15, 0.2) is 5.43 Å². The molecular formula is C19H18N2OS. The van der Waals surface area contributed by atoms with Crippen molar-refractivity contribution >= 4 is 22.7 Å². The first-order chi connectivity index (χ1) is 11.0. The molecule has 23 heavy (non-hydrogen) atoms. The van der Waals surface area contributed by atoms with E-state index in [1.807, 2.05) is 50.5 Å². The van der Waals surface area contributed by atoms with Crippen LogP contribution in [0.1, 0.15) is 0 Å². The monoisotopic (exact) mass is 322 g/mol. The summed E-state index contributed by atoms with van der Waals surface area (Å²) in [6.07, 6.45) is 0. The number of hydrogen-bond donors (Lipinski definition) is 1. The van der Waals surface area contributed by atoms with Crippen molar-refractivity contribution in [2.24, 2.45) is 0 Å². The second-order valence-corrected chi connectivity index (χ2v) is 6.67. The summed E-state index contributed by atoms with van der Waals surface area (Å²) in [5, 5.41) is 0. The molecule has 0 fully saturated rings. The van der Waals surface area contributed by atoms with Crippen LogP contribution in [-0.2, 0) is 0 Å². The van der Waals surface area contributed by atoms with Crippen molar-refractivity contribution in [3.8, 4) is 20.9 Å². The lowest BCUT2D eigenvalue weighted by Gasteiger charge is -2.12. The molecule has 2 aromatic carbocycles. The maximum Gasteiger partial charge on any atom is 0.181 e. The Kier molecular flexibility index (Phi) is 4.17. The number of nitrogens with two attached hydrogens (primary N) is 1. The Morgan fingerprint density at radius 1 is 0.826 bits per heavy atom. The van der Waals surface area contributed by atoms with Crippen molar-refractivity contribution in [3.05, 3.63) is 70.9 Å². The molecule has 0 saturated carbocycles. The molecule has 0 atom stereocenters. The van der Waals surface area contributed by atoms with E-state index in [1.165, 1.54) is 0 Å². The van der Waals surface area contributed by atoms with Crippen molar-refractivity contribution in [3.63, 3.8) is 0 Å². The van der Waals surface area contributed by atoms with E-state index in [2.05, 4.69) is 17.0 Å². The Morgan fingerprint density at radius 3 is 1.78 bits per heavy atom. The van der Waals surface area contributed by atoms with Crippen molar-refractivity contribution in [2.45, 2.75) is 0 Å². The minimum Gasteiger partial charge on any atom is -0.399 e. The van der Waals surface area contributed by atoms with Gasteiger partial charge >= 0.3 is 0 Å². The first-order valence-electron chi connectivity index (χ1n) is 7.32. The molecule has 0 aliphatic carbocycles. The predicted molar refractivity (Wildman–Crippen MR) is 100 cm³/mol. The van der Waals surface area contributed by atoms with Crippen LogP contribution in [0.3, 0.4) is 0 Å². The highest BCUT2D eigenvalue weighted by Crippen LogP contribution is 2.31. The maximum absolute atomic E-state index is 12.1. The highest BCUT2D eigenvalue weighted by Gasteiger charge is 2.06. The van der Waals surface area contributed by atoms with Crippen molar-refractivity contribution in [2.75, 3.05) is 24.7 Å². The molecule has 1 heterocycles. The minimum atomic E-state index is 0.0160. The molecular weight excluding hydrogens is 304 g/mol. The molecule has 2 N–H and O–H groups in total. The molecule has 0 unspecified atom stereocenters. The number of benzene rings is 2. The summed E-state index contributed by atoms with van der Waals surface area (Å²) in [5.74, 6) is 0. The quantitative estimate of drug-likeness (QED) is 0.739. The Labute approximate surface area is 139 Å². The van der Waals surface area contributed by atoms with Crippen LogP contribution in [0.25, 0.3) is 20.9 Å². The lowest BCUT2D eigenvalue weighted by Crippen LogP contribution is -2.07. The first kappa shape index (κ1) is 15.3. The lowest BCUT2D eigenvalue weighted by atomic mass is 10.1. The lowest BCUT2D eigenvalue weighted by molar-refractivity contribution is 1.13. The summed E-state index contributed by atoms with van der Waals surface area (Å²) in [4.78, 5) is 16.0. The van der Waals surface area contributed by atoms with Gasteiger partial charge in [0, 0.05) is 47.4 Å². The minimum absolute atomic E-state index is 0.0160. The fraction of sp³-hybridized carbons (Fsp3) is 0.105. The third-order valence-corrected chi connectivity index (χ3v) is 4.78. The van der Waals surface area contributed by atoms with E-state index >= 15 is 0 Å². The molecule has 3 nitrogen and oxygen atoms in total. The molecule has 0 amide bonds. The topological polar surface area (TPSA) is 46.3 Å². The van der Waals surface area contributed by atoms with Gasteiger partial charge in [0.2, 0.25) is 0 Å².